The molecule has 0 bridgehead atoms. The number of hydrogen-bond donors (Lipinski definition) is 0. The fraction of sp³-hybridized carbons (Fsp3) is 0.435. The minimum atomic E-state index is -3.56. The molecule has 0 aromatic heterocycles. The Balaban J connectivity index is 1.62. The van der Waals surface area contributed by atoms with Gasteiger partial charge in [0.2, 0.25) is 15.9 Å². The van der Waals surface area contributed by atoms with Crippen LogP contribution in [-0.4, -0.2) is 56.8 Å². The average Bonchev–Trinajstić information content (AvgIpc) is 2.73. The lowest BCUT2D eigenvalue weighted by molar-refractivity contribution is -0.131. The molecule has 0 saturated carbocycles. The van der Waals surface area contributed by atoms with Crippen LogP contribution in [0.5, 0.6) is 5.75 Å². The van der Waals surface area contributed by atoms with Gasteiger partial charge in [-0.3, -0.25) is 4.79 Å². The van der Waals surface area contributed by atoms with Crippen molar-refractivity contribution in [3.63, 3.8) is 0 Å². The first-order valence-corrected chi connectivity index (χ1v) is 11.6. The summed E-state index contributed by atoms with van der Waals surface area (Å²) in [5, 5.41) is 0. The molecule has 3 rings (SSSR count). The van der Waals surface area contributed by atoms with Crippen molar-refractivity contribution < 1.29 is 17.9 Å². The first-order chi connectivity index (χ1) is 14.1. The Morgan fingerprint density at radius 2 is 1.63 bits per heavy atom. The van der Waals surface area contributed by atoms with Gasteiger partial charge in [-0.2, -0.15) is 4.31 Å². The van der Waals surface area contributed by atoms with Gasteiger partial charge >= 0.3 is 0 Å². The van der Waals surface area contributed by atoms with Gasteiger partial charge in [0, 0.05) is 26.2 Å². The highest BCUT2D eigenvalue weighted by molar-refractivity contribution is 7.89. The molecule has 162 valence electrons. The van der Waals surface area contributed by atoms with Crippen LogP contribution in [0.4, 0.5) is 0 Å². The second-order valence-electron chi connectivity index (χ2n) is 8.59. The molecule has 1 fully saturated rings. The predicted molar refractivity (Wildman–Crippen MR) is 117 cm³/mol. The molecule has 1 amide bonds. The second-order valence-corrected chi connectivity index (χ2v) is 10.5. The number of benzene rings is 2. The van der Waals surface area contributed by atoms with Crippen LogP contribution < -0.4 is 4.74 Å². The monoisotopic (exact) mass is 430 g/mol. The molecule has 0 aliphatic carbocycles. The normalized spacial score (nSPS) is 15.8. The molecule has 0 radical (unpaired) electrons. The van der Waals surface area contributed by atoms with Crippen LogP contribution in [0.25, 0.3) is 0 Å². The van der Waals surface area contributed by atoms with Gasteiger partial charge in [0.25, 0.3) is 0 Å². The van der Waals surface area contributed by atoms with Gasteiger partial charge in [-0.1, -0.05) is 45.0 Å². The van der Waals surface area contributed by atoms with E-state index in [4.69, 9.17) is 4.74 Å². The Hall–Kier alpha value is -2.38. The average molecular weight is 431 g/mol. The fourth-order valence-electron chi connectivity index (χ4n) is 3.52. The third kappa shape index (κ3) is 5.02. The maximum atomic E-state index is 13.0. The molecule has 1 aliphatic rings. The summed E-state index contributed by atoms with van der Waals surface area (Å²) < 4.78 is 32.7. The zero-order valence-electron chi connectivity index (χ0n) is 18.1. The number of ether oxygens (including phenoxy) is 1. The van der Waals surface area contributed by atoms with Crippen molar-refractivity contribution in [1.29, 1.82) is 0 Å². The molecule has 0 unspecified atom stereocenters. The molecule has 2 aromatic rings. The zero-order valence-corrected chi connectivity index (χ0v) is 18.9. The number of nitrogens with zero attached hydrogens (tertiary/aromatic N) is 2. The summed E-state index contributed by atoms with van der Waals surface area (Å²) in [5.41, 5.74) is 1.94. The Morgan fingerprint density at radius 1 is 1.00 bits per heavy atom. The Labute approximate surface area is 179 Å². The summed E-state index contributed by atoms with van der Waals surface area (Å²) in [5.74, 6) is 0.712. The van der Waals surface area contributed by atoms with E-state index < -0.39 is 10.0 Å². The molecule has 0 N–H and O–H groups in total. The van der Waals surface area contributed by atoms with Crippen molar-refractivity contribution in [3.8, 4) is 5.75 Å². The molecule has 30 heavy (non-hydrogen) atoms. The van der Waals surface area contributed by atoms with E-state index in [1.54, 1.807) is 24.1 Å². The van der Waals surface area contributed by atoms with Crippen molar-refractivity contribution in [2.45, 2.75) is 37.5 Å². The van der Waals surface area contributed by atoms with E-state index in [1.165, 1.54) is 4.31 Å². The number of amides is 1. The van der Waals surface area contributed by atoms with Gasteiger partial charge in [-0.15, -0.1) is 0 Å². The number of sulfonamides is 1. The molecule has 1 aliphatic heterocycles. The molecule has 2 aromatic carbocycles. The second kappa shape index (κ2) is 8.78. The number of carbonyl (C=O) groups is 1. The first kappa shape index (κ1) is 22.3. The van der Waals surface area contributed by atoms with E-state index in [0.717, 1.165) is 11.1 Å². The van der Waals surface area contributed by atoms with Gasteiger partial charge in [-0.05, 0) is 40.8 Å². The molecular formula is C23H30N2O4S. The van der Waals surface area contributed by atoms with Crippen molar-refractivity contribution in [2.75, 3.05) is 33.3 Å². The number of methoxy groups -OCH3 is 1. The lowest BCUT2D eigenvalue weighted by atomic mass is 9.87. The smallest absolute Gasteiger partial charge is 0.243 e. The van der Waals surface area contributed by atoms with Crippen LogP contribution in [0.1, 0.15) is 31.9 Å². The lowest BCUT2D eigenvalue weighted by Crippen LogP contribution is -2.50. The van der Waals surface area contributed by atoms with Crippen LogP contribution in [0, 0.1) is 0 Å². The predicted octanol–water partition coefficient (Wildman–Crippen LogP) is 3.07. The fourth-order valence-corrected chi connectivity index (χ4v) is 4.94. The van der Waals surface area contributed by atoms with Crippen molar-refractivity contribution >= 4 is 15.9 Å². The van der Waals surface area contributed by atoms with Crippen molar-refractivity contribution in [1.82, 2.24) is 9.21 Å². The van der Waals surface area contributed by atoms with Crippen LogP contribution in [0.2, 0.25) is 0 Å². The lowest BCUT2D eigenvalue weighted by Gasteiger charge is -2.34. The number of rotatable bonds is 5. The van der Waals surface area contributed by atoms with Gasteiger partial charge in [-0.25, -0.2) is 8.42 Å². The van der Waals surface area contributed by atoms with Gasteiger partial charge < -0.3 is 9.64 Å². The number of piperazine rings is 1. The summed E-state index contributed by atoms with van der Waals surface area (Å²) in [6.07, 6.45) is 0.276. The third-order valence-electron chi connectivity index (χ3n) is 5.44. The SMILES string of the molecule is COc1cccc(CC(=O)N2CCN(S(=O)(=O)c3ccc(C(C)(C)C)cc3)CC2)c1. The summed E-state index contributed by atoms with van der Waals surface area (Å²) in [4.78, 5) is 14.7. The standard InChI is InChI=1S/C23H30N2O4S/c1-23(2,3)19-8-10-21(11-9-19)30(27,28)25-14-12-24(13-15-25)22(26)17-18-6-5-7-20(16-18)29-4/h5-11,16H,12-15,17H2,1-4H3. The van der Waals surface area contributed by atoms with E-state index in [1.807, 2.05) is 36.4 Å². The Morgan fingerprint density at radius 3 is 2.20 bits per heavy atom. The van der Waals surface area contributed by atoms with Crippen LogP contribution in [0.3, 0.4) is 0 Å². The van der Waals surface area contributed by atoms with Crippen molar-refractivity contribution in [3.05, 3.63) is 59.7 Å². The molecule has 1 heterocycles. The van der Waals surface area contributed by atoms with Crippen LogP contribution in [0.15, 0.2) is 53.4 Å². The largest absolute Gasteiger partial charge is 0.497 e. The van der Waals surface area contributed by atoms with Gasteiger partial charge in [0.15, 0.2) is 0 Å². The summed E-state index contributed by atoms with van der Waals surface area (Å²) >= 11 is 0. The van der Waals surface area contributed by atoms with E-state index in [-0.39, 0.29) is 17.7 Å². The molecule has 0 spiro atoms. The Kier molecular flexibility index (Phi) is 6.53. The maximum absolute atomic E-state index is 13.0. The first-order valence-electron chi connectivity index (χ1n) is 10.1. The van der Waals surface area contributed by atoms with E-state index in [9.17, 15) is 13.2 Å². The highest BCUT2D eigenvalue weighted by atomic mass is 32.2. The topological polar surface area (TPSA) is 66.9 Å². The summed E-state index contributed by atoms with van der Waals surface area (Å²) in [6, 6.07) is 14.5. The molecule has 1 saturated heterocycles. The summed E-state index contributed by atoms with van der Waals surface area (Å²) in [6.45, 7) is 7.67. The minimum absolute atomic E-state index is 0.00479. The van der Waals surface area contributed by atoms with Gasteiger partial charge in [0.1, 0.15) is 5.75 Å². The number of carbonyl (C=O) groups excluding carboxylic acids is 1. The van der Waals surface area contributed by atoms with E-state index in [2.05, 4.69) is 20.8 Å². The molecule has 6 nitrogen and oxygen atoms in total. The highest BCUT2D eigenvalue weighted by Crippen LogP contribution is 2.25. The van der Waals surface area contributed by atoms with E-state index >= 15 is 0 Å². The molecule has 0 atom stereocenters. The molecular weight excluding hydrogens is 400 g/mol. The van der Waals surface area contributed by atoms with Crippen LogP contribution >= 0.6 is 0 Å². The minimum Gasteiger partial charge on any atom is -0.497 e. The summed E-state index contributed by atoms with van der Waals surface area (Å²) in [7, 11) is -1.97. The van der Waals surface area contributed by atoms with Crippen LogP contribution in [-0.2, 0) is 26.7 Å². The third-order valence-corrected chi connectivity index (χ3v) is 7.35. The Bertz CT molecular complexity index is 987. The zero-order chi connectivity index (χ0) is 21.9. The molecule has 7 heteroatoms. The van der Waals surface area contributed by atoms with Gasteiger partial charge in [0.05, 0.1) is 18.4 Å². The maximum Gasteiger partial charge on any atom is 0.243 e. The quantitative estimate of drug-likeness (QED) is 0.731. The van der Waals surface area contributed by atoms with E-state index in [0.29, 0.717) is 36.8 Å². The number of hydrogen-bond acceptors (Lipinski definition) is 4. The van der Waals surface area contributed by atoms with Crippen molar-refractivity contribution in [2.24, 2.45) is 0 Å². The highest BCUT2D eigenvalue weighted by Gasteiger charge is 2.30.